The number of hydrogen-bond donors (Lipinski definition) is 1. The highest BCUT2D eigenvalue weighted by molar-refractivity contribution is 5.95. The van der Waals surface area contributed by atoms with E-state index in [4.69, 9.17) is 9.84 Å². The summed E-state index contributed by atoms with van der Waals surface area (Å²) in [6, 6.07) is 0. The minimum atomic E-state index is -1.16. The van der Waals surface area contributed by atoms with Gasteiger partial charge in [-0.25, -0.2) is 9.59 Å². The Bertz CT molecular complexity index is 733. The number of rotatable bonds is 14. The molecular formula is C25H36O5. The molecule has 0 aliphatic rings. The molecule has 0 fully saturated rings. The van der Waals surface area contributed by atoms with Crippen molar-refractivity contribution in [1.29, 1.82) is 0 Å². The number of carbonyl (C=O) groups excluding carboxylic acids is 2. The first-order valence-corrected chi connectivity index (χ1v) is 10.3. The maximum Gasteiger partial charge on any atom is 0.334 e. The Morgan fingerprint density at radius 3 is 1.70 bits per heavy atom. The minimum absolute atomic E-state index is 0.0731. The number of ether oxygens (including phenoxy) is 1. The third kappa shape index (κ3) is 15.3. The van der Waals surface area contributed by atoms with E-state index >= 15 is 0 Å². The van der Waals surface area contributed by atoms with Crippen LogP contribution in [0, 0.1) is 0 Å². The summed E-state index contributed by atoms with van der Waals surface area (Å²) in [5.74, 6) is -1.78. The lowest BCUT2D eigenvalue weighted by Crippen LogP contribution is -2.07. The Kier molecular flexibility index (Phi) is 14.7. The van der Waals surface area contributed by atoms with E-state index in [0.717, 1.165) is 62.0 Å². The topological polar surface area (TPSA) is 80.7 Å². The fourth-order valence-electron chi connectivity index (χ4n) is 2.59. The highest BCUT2D eigenvalue weighted by Crippen LogP contribution is 2.13. The van der Waals surface area contributed by atoms with E-state index in [0.29, 0.717) is 0 Å². The van der Waals surface area contributed by atoms with E-state index in [1.807, 2.05) is 26.0 Å². The quantitative estimate of drug-likeness (QED) is 0.165. The van der Waals surface area contributed by atoms with Gasteiger partial charge in [-0.05, 0) is 84.8 Å². The standard InChI is InChI=1S/C25H36O5/c1-19(9-6-10-20(2)12-8-14-22(4)18-26)11-7-13-21(3)15-16-30-25(29)23(5)17-24(27)28/h10-11,14-15,17-18H,6-9,12-13,16H2,1-5H3,(H,27,28)/b19-11+,20-10+,21-15+,22-14+,23-17+. The molecule has 1 N–H and O–H groups in total. The molecule has 0 aromatic heterocycles. The predicted molar refractivity (Wildman–Crippen MR) is 121 cm³/mol. The molecule has 0 radical (unpaired) electrons. The third-order valence-corrected chi connectivity index (χ3v) is 4.56. The lowest BCUT2D eigenvalue weighted by molar-refractivity contribution is -0.138. The van der Waals surface area contributed by atoms with Crippen molar-refractivity contribution in [1.82, 2.24) is 0 Å². The zero-order chi connectivity index (χ0) is 22.9. The van der Waals surface area contributed by atoms with Crippen LogP contribution >= 0.6 is 0 Å². The van der Waals surface area contributed by atoms with Gasteiger partial charge in [-0.2, -0.15) is 0 Å². The van der Waals surface area contributed by atoms with Crippen molar-refractivity contribution in [3.05, 3.63) is 58.2 Å². The van der Waals surface area contributed by atoms with Crippen LogP contribution in [-0.2, 0) is 19.1 Å². The van der Waals surface area contributed by atoms with Crippen LogP contribution in [0.2, 0.25) is 0 Å². The molecule has 5 nitrogen and oxygen atoms in total. The van der Waals surface area contributed by atoms with Gasteiger partial charge in [-0.1, -0.05) is 34.9 Å². The van der Waals surface area contributed by atoms with Gasteiger partial charge < -0.3 is 9.84 Å². The molecule has 0 bridgehead atoms. The molecule has 0 aromatic rings. The second-order valence-electron chi connectivity index (χ2n) is 7.60. The van der Waals surface area contributed by atoms with E-state index < -0.39 is 11.9 Å². The summed E-state index contributed by atoms with van der Waals surface area (Å²) in [6.45, 7) is 9.64. The van der Waals surface area contributed by atoms with Gasteiger partial charge in [-0.15, -0.1) is 0 Å². The summed E-state index contributed by atoms with van der Waals surface area (Å²) in [7, 11) is 0. The van der Waals surface area contributed by atoms with E-state index in [1.54, 1.807) is 0 Å². The zero-order valence-corrected chi connectivity index (χ0v) is 19.0. The molecule has 0 spiro atoms. The molecule has 0 aliphatic heterocycles. The summed E-state index contributed by atoms with van der Waals surface area (Å²) in [6.07, 6.45) is 15.8. The van der Waals surface area contributed by atoms with E-state index in [-0.39, 0.29) is 12.2 Å². The first kappa shape index (κ1) is 27.3. The van der Waals surface area contributed by atoms with Crippen molar-refractivity contribution in [3.63, 3.8) is 0 Å². The zero-order valence-electron chi connectivity index (χ0n) is 19.0. The second kappa shape index (κ2) is 16.1. The van der Waals surface area contributed by atoms with Crippen LogP contribution in [0.1, 0.15) is 73.1 Å². The Morgan fingerprint density at radius 2 is 1.23 bits per heavy atom. The average molecular weight is 417 g/mol. The van der Waals surface area contributed by atoms with Crippen molar-refractivity contribution in [3.8, 4) is 0 Å². The van der Waals surface area contributed by atoms with Crippen molar-refractivity contribution in [2.45, 2.75) is 73.1 Å². The van der Waals surface area contributed by atoms with Gasteiger partial charge in [0.25, 0.3) is 0 Å². The molecule has 0 atom stereocenters. The molecule has 30 heavy (non-hydrogen) atoms. The molecule has 0 aromatic carbocycles. The molecule has 0 saturated heterocycles. The van der Waals surface area contributed by atoms with Crippen LogP contribution in [0.25, 0.3) is 0 Å². The highest BCUT2D eigenvalue weighted by Gasteiger charge is 2.06. The number of aliphatic carboxylic acids is 1. The van der Waals surface area contributed by atoms with E-state index in [1.165, 1.54) is 18.1 Å². The van der Waals surface area contributed by atoms with Gasteiger partial charge in [0.1, 0.15) is 12.9 Å². The predicted octanol–water partition coefficient (Wildman–Crippen LogP) is 5.89. The molecule has 0 saturated carbocycles. The summed E-state index contributed by atoms with van der Waals surface area (Å²) in [4.78, 5) is 32.7. The van der Waals surface area contributed by atoms with Crippen LogP contribution in [-0.4, -0.2) is 29.9 Å². The molecule has 0 rings (SSSR count). The molecule has 166 valence electrons. The Hall–Kier alpha value is -2.69. The summed E-state index contributed by atoms with van der Waals surface area (Å²) in [5.41, 5.74) is 4.68. The summed E-state index contributed by atoms with van der Waals surface area (Å²) < 4.78 is 5.04. The van der Waals surface area contributed by atoms with Gasteiger partial charge in [0.05, 0.1) is 0 Å². The number of hydrogen-bond acceptors (Lipinski definition) is 4. The van der Waals surface area contributed by atoms with Gasteiger partial charge >= 0.3 is 11.9 Å². The Labute approximate surface area is 180 Å². The summed E-state index contributed by atoms with van der Waals surface area (Å²) in [5, 5.41) is 8.61. The van der Waals surface area contributed by atoms with Crippen LogP contribution in [0.15, 0.2) is 58.2 Å². The van der Waals surface area contributed by atoms with Gasteiger partial charge in [-0.3, -0.25) is 4.79 Å². The number of carbonyl (C=O) groups is 3. The van der Waals surface area contributed by atoms with Crippen molar-refractivity contribution < 1.29 is 24.2 Å². The van der Waals surface area contributed by atoms with Crippen LogP contribution in [0.3, 0.4) is 0 Å². The van der Waals surface area contributed by atoms with Gasteiger partial charge in [0.2, 0.25) is 0 Å². The van der Waals surface area contributed by atoms with Gasteiger partial charge in [0.15, 0.2) is 0 Å². The van der Waals surface area contributed by atoms with Crippen LogP contribution < -0.4 is 0 Å². The Morgan fingerprint density at radius 1 is 0.767 bits per heavy atom. The number of carboxylic acids is 1. The number of allylic oxidation sites excluding steroid dienone is 7. The minimum Gasteiger partial charge on any atom is -0.478 e. The lowest BCUT2D eigenvalue weighted by Gasteiger charge is -2.04. The maximum absolute atomic E-state index is 11.6. The maximum atomic E-state index is 11.6. The van der Waals surface area contributed by atoms with Gasteiger partial charge in [0, 0.05) is 11.6 Å². The molecule has 0 amide bonds. The number of esters is 1. The SMILES string of the molecule is C/C(C=O)=C\CC/C(C)=C/CC/C(C)=C/CC/C(C)=C/COC(=O)/C(C)=C/C(=O)O. The number of aldehydes is 1. The fraction of sp³-hybridized carbons (Fsp3) is 0.480. The first-order valence-electron chi connectivity index (χ1n) is 10.3. The van der Waals surface area contributed by atoms with E-state index in [9.17, 15) is 14.4 Å². The largest absolute Gasteiger partial charge is 0.478 e. The van der Waals surface area contributed by atoms with E-state index in [2.05, 4.69) is 26.0 Å². The van der Waals surface area contributed by atoms with Crippen molar-refractivity contribution in [2.24, 2.45) is 0 Å². The normalized spacial score (nSPS) is 14.0. The smallest absolute Gasteiger partial charge is 0.334 e. The highest BCUT2D eigenvalue weighted by atomic mass is 16.5. The average Bonchev–Trinajstić information content (AvgIpc) is 2.67. The monoisotopic (exact) mass is 416 g/mol. The first-order chi connectivity index (χ1) is 14.1. The molecule has 5 heteroatoms. The molecule has 0 aliphatic carbocycles. The van der Waals surface area contributed by atoms with Crippen LogP contribution in [0.5, 0.6) is 0 Å². The summed E-state index contributed by atoms with van der Waals surface area (Å²) >= 11 is 0. The van der Waals surface area contributed by atoms with Crippen molar-refractivity contribution >= 4 is 18.2 Å². The molecule has 0 unspecified atom stereocenters. The Balaban J connectivity index is 4.19. The molecule has 0 heterocycles. The van der Waals surface area contributed by atoms with Crippen molar-refractivity contribution in [2.75, 3.05) is 6.61 Å². The lowest BCUT2D eigenvalue weighted by atomic mass is 10.0. The fourth-order valence-corrected chi connectivity index (χ4v) is 2.59. The third-order valence-electron chi connectivity index (χ3n) is 4.56. The van der Waals surface area contributed by atoms with Crippen LogP contribution in [0.4, 0.5) is 0 Å². The number of carboxylic acid groups (broad SMARTS) is 1. The molecular weight excluding hydrogens is 380 g/mol. The second-order valence-corrected chi connectivity index (χ2v) is 7.60.